The average molecular weight is 467 g/mol. The molecule has 29 heavy (non-hydrogen) atoms. The second-order valence-electron chi connectivity index (χ2n) is 6.15. The summed E-state index contributed by atoms with van der Waals surface area (Å²) in [4.78, 5) is 17.7. The summed E-state index contributed by atoms with van der Waals surface area (Å²) >= 11 is 20.0. The summed E-state index contributed by atoms with van der Waals surface area (Å²) in [6.45, 7) is 1.41. The number of nitrogens with one attached hydrogen (secondary N) is 1. The molecule has 3 aromatic rings. The van der Waals surface area contributed by atoms with Crippen LogP contribution in [0.15, 0.2) is 71.0 Å². The largest absolute Gasteiger partial charge is 0.352 e. The molecule has 0 unspecified atom stereocenters. The van der Waals surface area contributed by atoms with Crippen LogP contribution in [0.2, 0.25) is 15.1 Å². The van der Waals surface area contributed by atoms with E-state index < -0.39 is 0 Å². The molecule has 8 heteroatoms. The van der Waals surface area contributed by atoms with Gasteiger partial charge in [-0.2, -0.15) is 0 Å². The first kappa shape index (κ1) is 21.8. The molecule has 1 N–H and O–H groups in total. The van der Waals surface area contributed by atoms with Crippen LogP contribution in [0.3, 0.4) is 0 Å². The third kappa shape index (κ3) is 6.82. The van der Waals surface area contributed by atoms with Crippen LogP contribution in [0.4, 0.5) is 0 Å². The normalized spacial score (nSPS) is 11.1. The third-order valence-corrected chi connectivity index (χ3v) is 6.18. The van der Waals surface area contributed by atoms with Gasteiger partial charge in [0.15, 0.2) is 0 Å². The molecule has 4 nitrogen and oxygen atoms in total. The molecule has 0 bridgehead atoms. The van der Waals surface area contributed by atoms with Crippen molar-refractivity contribution >= 4 is 58.5 Å². The van der Waals surface area contributed by atoms with Gasteiger partial charge in [-0.25, -0.2) is 4.98 Å². The van der Waals surface area contributed by atoms with E-state index in [1.54, 1.807) is 30.7 Å². The zero-order valence-electron chi connectivity index (χ0n) is 15.3. The van der Waals surface area contributed by atoms with E-state index in [1.807, 2.05) is 35.0 Å². The smallest absolute Gasteiger partial charge is 0.244 e. The van der Waals surface area contributed by atoms with E-state index in [1.165, 1.54) is 17.8 Å². The summed E-state index contributed by atoms with van der Waals surface area (Å²) in [7, 11) is 0. The van der Waals surface area contributed by atoms with Crippen molar-refractivity contribution in [1.82, 2.24) is 14.9 Å². The van der Waals surface area contributed by atoms with Gasteiger partial charge in [0, 0.05) is 46.4 Å². The summed E-state index contributed by atoms with van der Waals surface area (Å²) in [5.41, 5.74) is 0.843. The van der Waals surface area contributed by atoms with E-state index in [-0.39, 0.29) is 5.91 Å². The first-order valence-corrected chi connectivity index (χ1v) is 10.8. The highest BCUT2D eigenvalue weighted by Crippen LogP contribution is 2.38. The number of carbonyl (C=O) groups excluding carboxylic acids is 1. The maximum atomic E-state index is 12.0. The lowest BCUT2D eigenvalue weighted by molar-refractivity contribution is -0.116. The van der Waals surface area contributed by atoms with Crippen LogP contribution in [0, 0.1) is 0 Å². The van der Waals surface area contributed by atoms with Gasteiger partial charge in [0.2, 0.25) is 5.91 Å². The minimum Gasteiger partial charge on any atom is -0.352 e. The Morgan fingerprint density at radius 3 is 2.55 bits per heavy atom. The number of aromatic nitrogens is 2. The molecule has 1 aromatic heterocycles. The predicted octanol–water partition coefficient (Wildman–Crippen LogP) is 6.21. The van der Waals surface area contributed by atoms with E-state index >= 15 is 0 Å². The van der Waals surface area contributed by atoms with Gasteiger partial charge >= 0.3 is 0 Å². The molecule has 0 atom stereocenters. The molecule has 0 saturated heterocycles. The standard InChI is InChI=1S/C21H18Cl3N3OS/c22-16-4-6-20(18(24)13-16)29-19-5-2-15(12-17(19)23)3-7-21(28)26-8-1-10-27-11-9-25-14-27/h2-7,9,11-14H,1,8,10H2,(H,26,28)/b7-3+. The van der Waals surface area contributed by atoms with Gasteiger partial charge in [-0.05, 0) is 48.4 Å². The Kier molecular flexibility index (Phi) is 8.07. The first-order chi connectivity index (χ1) is 14.0. The maximum absolute atomic E-state index is 12.0. The minimum absolute atomic E-state index is 0.141. The topological polar surface area (TPSA) is 46.9 Å². The van der Waals surface area contributed by atoms with Crippen LogP contribution < -0.4 is 5.32 Å². The van der Waals surface area contributed by atoms with Crippen molar-refractivity contribution in [3.8, 4) is 0 Å². The summed E-state index contributed by atoms with van der Waals surface area (Å²) in [6.07, 6.45) is 9.47. The summed E-state index contributed by atoms with van der Waals surface area (Å²) in [5.74, 6) is -0.141. The number of imidazole rings is 1. The van der Waals surface area contributed by atoms with Gasteiger partial charge in [0.05, 0.1) is 16.4 Å². The SMILES string of the molecule is O=C(/C=C/c1ccc(Sc2ccc(Cl)cc2Cl)c(Cl)c1)NCCCn1ccnc1. The fraction of sp³-hybridized carbons (Fsp3) is 0.143. The summed E-state index contributed by atoms with van der Waals surface area (Å²) in [6, 6.07) is 11.0. The van der Waals surface area contributed by atoms with E-state index in [4.69, 9.17) is 34.8 Å². The number of halogens is 3. The molecule has 0 spiro atoms. The molecule has 2 aromatic carbocycles. The highest BCUT2D eigenvalue weighted by molar-refractivity contribution is 7.99. The van der Waals surface area contributed by atoms with Crippen LogP contribution in [0.1, 0.15) is 12.0 Å². The fourth-order valence-corrected chi connectivity index (χ4v) is 4.15. The molecule has 3 rings (SSSR count). The van der Waals surface area contributed by atoms with E-state index in [0.717, 1.165) is 28.3 Å². The summed E-state index contributed by atoms with van der Waals surface area (Å²) in [5, 5.41) is 4.61. The lowest BCUT2D eigenvalue weighted by Gasteiger charge is -2.07. The lowest BCUT2D eigenvalue weighted by Crippen LogP contribution is -2.22. The Morgan fingerprint density at radius 1 is 1.10 bits per heavy atom. The number of carbonyl (C=O) groups is 1. The number of hydrogen-bond acceptors (Lipinski definition) is 3. The number of nitrogens with zero attached hydrogens (tertiary/aromatic N) is 2. The Labute approximate surface area is 188 Å². The van der Waals surface area contributed by atoms with Crippen molar-refractivity contribution in [2.45, 2.75) is 22.8 Å². The molecule has 0 saturated carbocycles. The first-order valence-electron chi connectivity index (χ1n) is 8.85. The quantitative estimate of drug-likeness (QED) is 0.317. The lowest BCUT2D eigenvalue weighted by atomic mass is 10.2. The molecule has 0 fully saturated rings. The fourth-order valence-electron chi connectivity index (χ4n) is 2.50. The highest BCUT2D eigenvalue weighted by Gasteiger charge is 2.07. The third-order valence-electron chi connectivity index (χ3n) is 3.95. The summed E-state index contributed by atoms with van der Waals surface area (Å²) < 4.78 is 1.97. The number of rotatable bonds is 8. The van der Waals surface area contributed by atoms with Crippen molar-refractivity contribution in [1.29, 1.82) is 0 Å². The van der Waals surface area contributed by atoms with Crippen molar-refractivity contribution < 1.29 is 4.79 Å². The molecule has 1 amide bonds. The van der Waals surface area contributed by atoms with Crippen LogP contribution in [0.5, 0.6) is 0 Å². The Balaban J connectivity index is 1.51. The molecule has 0 aliphatic carbocycles. The molecular weight excluding hydrogens is 449 g/mol. The van der Waals surface area contributed by atoms with Gasteiger partial charge in [-0.3, -0.25) is 4.79 Å². The second-order valence-corrected chi connectivity index (χ2v) is 8.48. The number of benzene rings is 2. The minimum atomic E-state index is -0.141. The molecule has 0 radical (unpaired) electrons. The van der Waals surface area contributed by atoms with Gasteiger partial charge in [0.1, 0.15) is 0 Å². The molecule has 150 valence electrons. The van der Waals surface area contributed by atoms with E-state index in [9.17, 15) is 4.79 Å². The van der Waals surface area contributed by atoms with Gasteiger partial charge in [0.25, 0.3) is 0 Å². The van der Waals surface area contributed by atoms with Crippen molar-refractivity contribution in [2.75, 3.05) is 6.54 Å². The number of hydrogen-bond donors (Lipinski definition) is 1. The van der Waals surface area contributed by atoms with Crippen molar-refractivity contribution in [2.24, 2.45) is 0 Å². The van der Waals surface area contributed by atoms with E-state index in [0.29, 0.717) is 21.6 Å². The van der Waals surface area contributed by atoms with Crippen molar-refractivity contribution in [3.05, 3.63) is 81.8 Å². The molecule has 0 aliphatic rings. The Hall–Kier alpha value is -1.92. The monoisotopic (exact) mass is 465 g/mol. The van der Waals surface area contributed by atoms with Crippen LogP contribution in [-0.4, -0.2) is 22.0 Å². The zero-order chi connectivity index (χ0) is 20.6. The van der Waals surface area contributed by atoms with Gasteiger partial charge < -0.3 is 9.88 Å². The van der Waals surface area contributed by atoms with Crippen LogP contribution in [0.25, 0.3) is 6.08 Å². The Morgan fingerprint density at radius 2 is 1.86 bits per heavy atom. The van der Waals surface area contributed by atoms with Crippen LogP contribution >= 0.6 is 46.6 Å². The molecule has 0 aliphatic heterocycles. The van der Waals surface area contributed by atoms with E-state index in [2.05, 4.69) is 10.3 Å². The maximum Gasteiger partial charge on any atom is 0.244 e. The van der Waals surface area contributed by atoms with Crippen LogP contribution in [-0.2, 0) is 11.3 Å². The Bertz CT molecular complexity index is 1010. The zero-order valence-corrected chi connectivity index (χ0v) is 18.4. The predicted molar refractivity (Wildman–Crippen MR) is 121 cm³/mol. The number of amides is 1. The average Bonchev–Trinajstić information content (AvgIpc) is 3.21. The van der Waals surface area contributed by atoms with Gasteiger partial charge in [-0.15, -0.1) is 0 Å². The second kappa shape index (κ2) is 10.7. The highest BCUT2D eigenvalue weighted by atomic mass is 35.5. The number of aryl methyl sites for hydroxylation is 1. The van der Waals surface area contributed by atoms with Crippen molar-refractivity contribution in [3.63, 3.8) is 0 Å². The molecular formula is C21H18Cl3N3OS. The van der Waals surface area contributed by atoms with Gasteiger partial charge in [-0.1, -0.05) is 52.6 Å². The molecule has 1 heterocycles.